The molecule has 8 nitrogen and oxygen atoms in total. The molecule has 1 atom stereocenters. The third kappa shape index (κ3) is 5.58. The smallest absolute Gasteiger partial charge is 0.251 e. The van der Waals surface area contributed by atoms with Gasteiger partial charge in [-0.25, -0.2) is 0 Å². The first-order valence-corrected chi connectivity index (χ1v) is 9.34. The summed E-state index contributed by atoms with van der Waals surface area (Å²) in [4.78, 5) is 36.2. The van der Waals surface area contributed by atoms with Gasteiger partial charge in [-0.05, 0) is 38.5 Å². The molecule has 1 unspecified atom stereocenters. The van der Waals surface area contributed by atoms with Gasteiger partial charge in [0.15, 0.2) is 5.82 Å². The molecule has 0 radical (unpaired) electrons. The second-order valence-electron chi connectivity index (χ2n) is 5.87. The first kappa shape index (κ1) is 20.5. The highest BCUT2D eigenvalue weighted by Crippen LogP contribution is 2.20. The minimum absolute atomic E-state index is 0.0933. The molecule has 0 aliphatic heterocycles. The number of benzene rings is 1. The van der Waals surface area contributed by atoms with E-state index in [-0.39, 0.29) is 23.5 Å². The number of hydrogen-bond acceptors (Lipinski definition) is 6. The van der Waals surface area contributed by atoms with Gasteiger partial charge in [0, 0.05) is 24.4 Å². The van der Waals surface area contributed by atoms with Crippen LogP contribution in [0, 0.1) is 13.8 Å². The number of carbonyl (C=O) groups excluding carboxylic acids is 3. The number of amides is 3. The summed E-state index contributed by atoms with van der Waals surface area (Å²) >= 11 is 1.20. The molecule has 9 heteroatoms. The van der Waals surface area contributed by atoms with Crippen molar-refractivity contribution in [2.75, 3.05) is 23.4 Å². The molecule has 2 rings (SSSR count). The lowest BCUT2D eigenvalue weighted by Gasteiger charge is -2.13. The van der Waals surface area contributed by atoms with Gasteiger partial charge in [-0.3, -0.25) is 14.4 Å². The molecule has 0 aliphatic rings. The van der Waals surface area contributed by atoms with E-state index in [1.807, 2.05) is 0 Å². The number of anilines is 2. The molecule has 3 amide bonds. The number of hydrogen-bond donors (Lipinski definition) is 3. The monoisotopic (exact) mass is 390 g/mol. The van der Waals surface area contributed by atoms with E-state index >= 15 is 0 Å². The molecule has 0 saturated carbocycles. The van der Waals surface area contributed by atoms with Gasteiger partial charge in [0.2, 0.25) is 11.8 Å². The van der Waals surface area contributed by atoms with Crippen LogP contribution in [0.4, 0.5) is 11.5 Å². The van der Waals surface area contributed by atoms with E-state index in [0.717, 1.165) is 0 Å². The minimum atomic E-state index is -0.453. The maximum atomic E-state index is 12.2. The highest BCUT2D eigenvalue weighted by atomic mass is 32.2. The predicted octanol–water partition coefficient (Wildman–Crippen LogP) is 2.35. The Labute approximate surface area is 161 Å². The van der Waals surface area contributed by atoms with Crippen LogP contribution in [-0.2, 0) is 9.59 Å². The van der Waals surface area contributed by atoms with E-state index in [9.17, 15) is 14.4 Å². The molecule has 3 N–H and O–H groups in total. The maximum Gasteiger partial charge on any atom is 0.251 e. The van der Waals surface area contributed by atoms with E-state index in [4.69, 9.17) is 4.52 Å². The van der Waals surface area contributed by atoms with Crippen LogP contribution in [0.2, 0.25) is 0 Å². The second-order valence-corrected chi connectivity index (χ2v) is 7.20. The summed E-state index contributed by atoms with van der Waals surface area (Å²) < 4.78 is 4.89. The van der Waals surface area contributed by atoms with Crippen molar-refractivity contribution in [2.45, 2.75) is 26.0 Å². The molecule has 27 heavy (non-hydrogen) atoms. The molecule has 1 aromatic heterocycles. The zero-order valence-electron chi connectivity index (χ0n) is 15.6. The Hall–Kier alpha value is -2.81. The van der Waals surface area contributed by atoms with Crippen LogP contribution in [0.25, 0.3) is 0 Å². The zero-order valence-corrected chi connectivity index (χ0v) is 16.4. The number of thioether (sulfide) groups is 1. The Morgan fingerprint density at radius 1 is 1.22 bits per heavy atom. The molecule has 1 aromatic carbocycles. The largest absolute Gasteiger partial charge is 0.360 e. The maximum absolute atomic E-state index is 12.2. The van der Waals surface area contributed by atoms with Gasteiger partial charge < -0.3 is 20.5 Å². The van der Waals surface area contributed by atoms with Crippen molar-refractivity contribution in [1.82, 2.24) is 10.5 Å². The van der Waals surface area contributed by atoms with Crippen LogP contribution >= 0.6 is 11.8 Å². The number of aromatic nitrogens is 1. The fourth-order valence-corrected chi connectivity index (χ4v) is 2.95. The van der Waals surface area contributed by atoms with Gasteiger partial charge in [0.1, 0.15) is 5.76 Å². The van der Waals surface area contributed by atoms with Crippen molar-refractivity contribution in [3.05, 3.63) is 41.2 Å². The van der Waals surface area contributed by atoms with Crippen molar-refractivity contribution in [1.29, 1.82) is 0 Å². The van der Waals surface area contributed by atoms with E-state index in [2.05, 4.69) is 21.1 Å². The van der Waals surface area contributed by atoms with Gasteiger partial charge in [-0.1, -0.05) is 11.2 Å². The van der Waals surface area contributed by atoms with Gasteiger partial charge >= 0.3 is 0 Å². The molecular formula is C18H22N4O4S. The normalized spacial score (nSPS) is 11.6. The Kier molecular flexibility index (Phi) is 7.00. The van der Waals surface area contributed by atoms with Gasteiger partial charge in [-0.2, -0.15) is 0 Å². The number of rotatable bonds is 7. The van der Waals surface area contributed by atoms with Crippen LogP contribution in [0.3, 0.4) is 0 Å². The molecule has 1 heterocycles. The lowest BCUT2D eigenvalue weighted by molar-refractivity contribution is -0.115. The molecule has 0 bridgehead atoms. The van der Waals surface area contributed by atoms with Crippen LogP contribution in [0.1, 0.15) is 28.6 Å². The predicted molar refractivity (Wildman–Crippen MR) is 105 cm³/mol. The van der Waals surface area contributed by atoms with E-state index < -0.39 is 5.25 Å². The van der Waals surface area contributed by atoms with Gasteiger partial charge in [0.25, 0.3) is 5.91 Å². The molecule has 144 valence electrons. The first-order chi connectivity index (χ1) is 12.8. The van der Waals surface area contributed by atoms with Crippen molar-refractivity contribution in [3.8, 4) is 0 Å². The summed E-state index contributed by atoms with van der Waals surface area (Å²) in [5.74, 6) is 0.297. The number of carbonyl (C=O) groups is 3. The lowest BCUT2D eigenvalue weighted by atomic mass is 10.1. The van der Waals surface area contributed by atoms with Gasteiger partial charge in [0.05, 0.1) is 11.0 Å². The minimum Gasteiger partial charge on any atom is -0.360 e. The van der Waals surface area contributed by atoms with Crippen LogP contribution in [0.15, 0.2) is 28.8 Å². The first-order valence-electron chi connectivity index (χ1n) is 8.29. The molecule has 0 fully saturated rings. The van der Waals surface area contributed by atoms with E-state index in [1.54, 1.807) is 52.1 Å². The Balaban J connectivity index is 1.88. The number of nitrogens with zero attached hydrogens (tertiary/aromatic N) is 1. The summed E-state index contributed by atoms with van der Waals surface area (Å²) in [6.45, 7) is 5.20. The summed E-state index contributed by atoms with van der Waals surface area (Å²) in [5.41, 5.74) is 1.75. The number of nitrogens with one attached hydrogen (secondary N) is 3. The van der Waals surface area contributed by atoms with E-state index in [1.165, 1.54) is 11.8 Å². The third-order valence-electron chi connectivity index (χ3n) is 3.79. The summed E-state index contributed by atoms with van der Waals surface area (Å²) in [6.07, 6.45) is 0. The van der Waals surface area contributed by atoms with Crippen LogP contribution in [0.5, 0.6) is 0 Å². The lowest BCUT2D eigenvalue weighted by Crippen LogP contribution is -2.25. The van der Waals surface area contributed by atoms with Gasteiger partial charge in [-0.15, -0.1) is 11.8 Å². The Morgan fingerprint density at radius 3 is 2.59 bits per heavy atom. The Morgan fingerprint density at radius 2 is 1.96 bits per heavy atom. The highest BCUT2D eigenvalue weighted by molar-refractivity contribution is 8.01. The molecule has 0 saturated heterocycles. The SMILES string of the molecule is CNC(=O)c1cccc(NC(=O)CSC(C)C(=O)Nc2cc(C)on2)c1C. The summed E-state index contributed by atoms with van der Waals surface area (Å²) in [5, 5.41) is 11.2. The Bertz CT molecular complexity index is 850. The highest BCUT2D eigenvalue weighted by Gasteiger charge is 2.18. The van der Waals surface area contributed by atoms with Crippen molar-refractivity contribution in [3.63, 3.8) is 0 Å². The van der Waals surface area contributed by atoms with Crippen LogP contribution in [-0.4, -0.2) is 40.9 Å². The topological polar surface area (TPSA) is 113 Å². The summed E-state index contributed by atoms with van der Waals surface area (Å²) in [6, 6.07) is 6.74. The van der Waals surface area contributed by atoms with Crippen LogP contribution < -0.4 is 16.0 Å². The van der Waals surface area contributed by atoms with Crippen molar-refractivity contribution < 1.29 is 18.9 Å². The quantitative estimate of drug-likeness (QED) is 0.669. The van der Waals surface area contributed by atoms with Crippen molar-refractivity contribution >= 4 is 41.0 Å². The summed E-state index contributed by atoms with van der Waals surface area (Å²) in [7, 11) is 1.55. The standard InChI is InChI=1S/C18H22N4O4S/c1-10-8-15(22-26-10)21-17(24)12(3)27-9-16(23)20-14-7-5-6-13(11(14)2)18(25)19-4/h5-8,12H,9H2,1-4H3,(H,19,25)(H,20,23)(H,21,22,24). The molecular weight excluding hydrogens is 368 g/mol. The second kappa shape index (κ2) is 9.22. The third-order valence-corrected chi connectivity index (χ3v) is 4.94. The molecule has 2 aromatic rings. The fraction of sp³-hybridized carbons (Fsp3) is 0.333. The zero-order chi connectivity index (χ0) is 20.0. The molecule has 0 aliphatic carbocycles. The average Bonchev–Trinajstić information content (AvgIpc) is 3.05. The van der Waals surface area contributed by atoms with Crippen molar-refractivity contribution in [2.24, 2.45) is 0 Å². The average molecular weight is 390 g/mol. The number of aryl methyl sites for hydroxylation is 1. The van der Waals surface area contributed by atoms with E-state index in [0.29, 0.717) is 28.4 Å². The molecule has 0 spiro atoms. The fourth-order valence-electron chi connectivity index (χ4n) is 2.27.